The van der Waals surface area contributed by atoms with Crippen LogP contribution in [0.25, 0.3) is 0 Å². The molecule has 2 aromatic carbocycles. The molecular weight excluding hydrogens is 336 g/mol. The molecule has 0 N–H and O–H groups in total. The average molecular weight is 360 g/mol. The number of carbonyl (C=O) groups is 2. The summed E-state index contributed by atoms with van der Waals surface area (Å²) in [5.74, 6) is -0.117. The Morgan fingerprint density at radius 1 is 0.741 bits per heavy atom. The fourth-order valence-electron chi connectivity index (χ4n) is 4.90. The second kappa shape index (κ2) is 5.95. The number of fused-ring (bicyclic) bond motifs is 2. The molecule has 138 valence electrons. The minimum absolute atomic E-state index is 0.117. The molecule has 0 saturated heterocycles. The smallest absolute Gasteiger partial charge is 0.231 e. The summed E-state index contributed by atoms with van der Waals surface area (Å²) in [6.45, 7) is 4.19. The van der Waals surface area contributed by atoms with E-state index in [1.165, 1.54) is 11.1 Å². The highest BCUT2D eigenvalue weighted by Gasteiger charge is 2.53. The zero-order chi connectivity index (χ0) is 18.7. The summed E-state index contributed by atoms with van der Waals surface area (Å²) in [5, 5.41) is 0. The third-order valence-corrected chi connectivity index (χ3v) is 6.31. The van der Waals surface area contributed by atoms with E-state index in [-0.39, 0.29) is 35.7 Å². The number of anilines is 2. The molecule has 27 heavy (non-hydrogen) atoms. The maximum absolute atomic E-state index is 13.2. The Balaban J connectivity index is 1.35. The Kier molecular flexibility index (Phi) is 3.64. The van der Waals surface area contributed by atoms with Gasteiger partial charge in [0.05, 0.1) is 11.8 Å². The lowest BCUT2D eigenvalue weighted by Crippen LogP contribution is -2.40. The van der Waals surface area contributed by atoms with Crippen LogP contribution in [0.15, 0.2) is 48.5 Å². The number of rotatable bonds is 2. The first-order chi connectivity index (χ1) is 13.1. The van der Waals surface area contributed by atoms with Crippen molar-refractivity contribution in [1.29, 1.82) is 0 Å². The molecule has 0 aromatic heterocycles. The van der Waals surface area contributed by atoms with Crippen molar-refractivity contribution in [3.05, 3.63) is 59.7 Å². The van der Waals surface area contributed by atoms with E-state index in [0.29, 0.717) is 6.42 Å². The van der Waals surface area contributed by atoms with Crippen LogP contribution in [0.2, 0.25) is 0 Å². The fraction of sp³-hybridized carbons (Fsp3) is 0.391. The van der Waals surface area contributed by atoms with Crippen LogP contribution in [0.4, 0.5) is 11.4 Å². The summed E-state index contributed by atoms with van der Waals surface area (Å²) >= 11 is 0. The van der Waals surface area contributed by atoms with Crippen molar-refractivity contribution in [3.63, 3.8) is 0 Å². The molecule has 1 aliphatic carbocycles. The van der Waals surface area contributed by atoms with Crippen LogP contribution in [-0.2, 0) is 22.4 Å². The van der Waals surface area contributed by atoms with E-state index in [1.54, 1.807) is 0 Å². The van der Waals surface area contributed by atoms with Crippen molar-refractivity contribution in [1.82, 2.24) is 0 Å². The molecule has 4 unspecified atom stereocenters. The molecule has 1 fully saturated rings. The highest BCUT2D eigenvalue weighted by atomic mass is 16.2. The van der Waals surface area contributed by atoms with Crippen molar-refractivity contribution in [2.45, 2.75) is 45.2 Å². The number of carbonyl (C=O) groups excluding carboxylic acids is 2. The quantitative estimate of drug-likeness (QED) is 0.821. The van der Waals surface area contributed by atoms with Gasteiger partial charge in [0, 0.05) is 23.5 Å². The number of amides is 2. The fourth-order valence-corrected chi connectivity index (χ4v) is 4.90. The lowest BCUT2D eigenvalue weighted by atomic mass is 10.1. The van der Waals surface area contributed by atoms with E-state index in [9.17, 15) is 9.59 Å². The summed E-state index contributed by atoms with van der Waals surface area (Å²) in [7, 11) is 0. The van der Waals surface area contributed by atoms with E-state index < -0.39 is 0 Å². The molecule has 0 bridgehead atoms. The third kappa shape index (κ3) is 2.50. The standard InChI is InChI=1S/C23H24N2O2/c1-14-11-16-7-3-5-9-20(16)24(14)22(26)18-13-19(18)23(27)25-15(2)12-17-8-4-6-10-21(17)25/h3-10,14-15,18-19H,11-13H2,1-2H3. The van der Waals surface area contributed by atoms with E-state index in [0.717, 1.165) is 24.2 Å². The van der Waals surface area contributed by atoms with Crippen LogP contribution in [0.5, 0.6) is 0 Å². The van der Waals surface area contributed by atoms with Crippen molar-refractivity contribution >= 4 is 23.2 Å². The van der Waals surface area contributed by atoms with Crippen LogP contribution < -0.4 is 9.80 Å². The first-order valence-electron chi connectivity index (χ1n) is 9.88. The highest BCUT2D eigenvalue weighted by Crippen LogP contribution is 2.46. The van der Waals surface area contributed by atoms with E-state index in [4.69, 9.17) is 0 Å². The summed E-state index contributed by atoms with van der Waals surface area (Å²) < 4.78 is 0. The zero-order valence-electron chi connectivity index (χ0n) is 15.8. The third-order valence-electron chi connectivity index (χ3n) is 6.31. The summed E-state index contributed by atoms with van der Waals surface area (Å²) in [6, 6.07) is 16.6. The van der Waals surface area contributed by atoms with Crippen molar-refractivity contribution in [2.75, 3.05) is 9.80 Å². The predicted molar refractivity (Wildman–Crippen MR) is 106 cm³/mol. The Morgan fingerprint density at radius 3 is 1.59 bits per heavy atom. The maximum atomic E-state index is 13.2. The molecule has 2 amide bonds. The number of benzene rings is 2. The lowest BCUT2D eigenvalue weighted by molar-refractivity contribution is -0.124. The second-order valence-electron chi connectivity index (χ2n) is 8.23. The van der Waals surface area contributed by atoms with E-state index in [2.05, 4.69) is 26.0 Å². The molecule has 4 nitrogen and oxygen atoms in total. The van der Waals surface area contributed by atoms with Gasteiger partial charge in [-0.15, -0.1) is 0 Å². The first kappa shape index (κ1) is 16.5. The molecule has 3 aliphatic rings. The van der Waals surface area contributed by atoms with Gasteiger partial charge in [0.15, 0.2) is 0 Å². The maximum Gasteiger partial charge on any atom is 0.231 e. The molecule has 2 aliphatic heterocycles. The first-order valence-corrected chi connectivity index (χ1v) is 9.88. The molecular formula is C23H24N2O2. The SMILES string of the molecule is CC1Cc2ccccc2N1C(=O)C1CC1C(=O)N1c2ccccc2CC1C. The molecule has 0 radical (unpaired) electrons. The molecule has 4 atom stereocenters. The van der Waals surface area contributed by atoms with Gasteiger partial charge in [0.25, 0.3) is 0 Å². The molecule has 2 aromatic rings. The minimum Gasteiger partial charge on any atom is -0.309 e. The highest BCUT2D eigenvalue weighted by molar-refractivity contribution is 6.07. The number of para-hydroxylation sites is 2. The number of hydrogen-bond donors (Lipinski definition) is 0. The Bertz CT molecular complexity index is 862. The topological polar surface area (TPSA) is 40.6 Å². The van der Waals surface area contributed by atoms with Gasteiger partial charge >= 0.3 is 0 Å². The normalized spacial score (nSPS) is 28.1. The van der Waals surface area contributed by atoms with Crippen molar-refractivity contribution < 1.29 is 9.59 Å². The van der Waals surface area contributed by atoms with E-state index >= 15 is 0 Å². The van der Waals surface area contributed by atoms with Crippen LogP contribution in [0, 0.1) is 11.8 Å². The molecule has 5 rings (SSSR count). The van der Waals surface area contributed by atoms with Crippen LogP contribution in [0.3, 0.4) is 0 Å². The second-order valence-corrected chi connectivity index (χ2v) is 8.23. The zero-order valence-corrected chi connectivity index (χ0v) is 15.8. The molecule has 4 heteroatoms. The van der Waals surface area contributed by atoms with Gasteiger partial charge in [-0.3, -0.25) is 9.59 Å². The van der Waals surface area contributed by atoms with Gasteiger partial charge in [-0.1, -0.05) is 36.4 Å². The molecule has 2 heterocycles. The van der Waals surface area contributed by atoms with Crippen LogP contribution >= 0.6 is 0 Å². The Labute approximate surface area is 159 Å². The van der Waals surface area contributed by atoms with E-state index in [1.807, 2.05) is 46.2 Å². The molecule has 0 spiro atoms. The minimum atomic E-state index is -0.175. The van der Waals surface area contributed by atoms with Gasteiger partial charge in [0.2, 0.25) is 11.8 Å². The van der Waals surface area contributed by atoms with Gasteiger partial charge in [-0.05, 0) is 56.4 Å². The van der Waals surface area contributed by atoms with Crippen LogP contribution in [-0.4, -0.2) is 23.9 Å². The van der Waals surface area contributed by atoms with Crippen molar-refractivity contribution in [2.24, 2.45) is 11.8 Å². The number of hydrogen-bond acceptors (Lipinski definition) is 2. The average Bonchev–Trinajstić information content (AvgIpc) is 3.29. The van der Waals surface area contributed by atoms with Gasteiger partial charge in [-0.25, -0.2) is 0 Å². The lowest BCUT2D eigenvalue weighted by Gasteiger charge is -2.25. The van der Waals surface area contributed by atoms with Crippen molar-refractivity contribution in [3.8, 4) is 0 Å². The summed E-state index contributed by atoms with van der Waals surface area (Å²) in [5.41, 5.74) is 4.49. The Hall–Kier alpha value is -2.62. The summed E-state index contributed by atoms with van der Waals surface area (Å²) in [6.07, 6.45) is 2.46. The Morgan fingerprint density at radius 2 is 1.15 bits per heavy atom. The number of nitrogens with zero attached hydrogens (tertiary/aromatic N) is 2. The van der Waals surface area contributed by atoms with Gasteiger partial charge < -0.3 is 9.80 Å². The largest absolute Gasteiger partial charge is 0.309 e. The van der Waals surface area contributed by atoms with Crippen LogP contribution in [0.1, 0.15) is 31.4 Å². The predicted octanol–water partition coefficient (Wildman–Crippen LogP) is 3.58. The van der Waals surface area contributed by atoms with Gasteiger partial charge in [0.1, 0.15) is 0 Å². The van der Waals surface area contributed by atoms with Gasteiger partial charge in [-0.2, -0.15) is 0 Å². The molecule has 1 saturated carbocycles. The summed E-state index contributed by atoms with van der Waals surface area (Å²) in [4.78, 5) is 30.2. The monoisotopic (exact) mass is 360 g/mol.